The zero-order chi connectivity index (χ0) is 17.7. The zero-order valence-corrected chi connectivity index (χ0v) is 14.9. The Morgan fingerprint density at radius 2 is 1.64 bits per heavy atom. The first kappa shape index (κ1) is 17.4. The molecule has 0 amide bonds. The molecule has 0 unspecified atom stereocenters. The Morgan fingerprint density at radius 1 is 1.00 bits per heavy atom. The molecule has 3 aromatic rings. The minimum Gasteiger partial charge on any atom is -0.240 e. The number of para-hydroxylation sites is 1. The molecular weight excluding hydrogens is 334 g/mol. The van der Waals surface area contributed by atoms with E-state index in [0.717, 1.165) is 23.4 Å². The van der Waals surface area contributed by atoms with Gasteiger partial charge in [0.1, 0.15) is 0 Å². The summed E-state index contributed by atoms with van der Waals surface area (Å²) in [6.07, 6.45) is 3.50. The third-order valence-electron chi connectivity index (χ3n) is 3.99. The summed E-state index contributed by atoms with van der Waals surface area (Å²) in [5, 5.41) is 4.53. The van der Waals surface area contributed by atoms with Crippen molar-refractivity contribution in [3.8, 4) is 5.69 Å². The van der Waals surface area contributed by atoms with Crippen LogP contribution in [0.1, 0.15) is 17.7 Å². The number of rotatable bonds is 7. The smallest absolute Gasteiger partial charge is 0.240 e. The van der Waals surface area contributed by atoms with Crippen LogP contribution in [0, 0.1) is 6.92 Å². The number of nitrogens with zero attached hydrogens (tertiary/aromatic N) is 2. The van der Waals surface area contributed by atoms with Crippen molar-refractivity contribution in [1.82, 2.24) is 14.5 Å². The molecular formula is C19H21N3O2S. The van der Waals surface area contributed by atoms with Gasteiger partial charge in [-0.1, -0.05) is 36.4 Å². The van der Waals surface area contributed by atoms with E-state index in [1.54, 1.807) is 30.3 Å². The minimum absolute atomic E-state index is 0.295. The molecule has 0 atom stereocenters. The fourth-order valence-electron chi connectivity index (χ4n) is 2.62. The van der Waals surface area contributed by atoms with E-state index in [4.69, 9.17) is 0 Å². The Morgan fingerprint density at radius 3 is 2.32 bits per heavy atom. The quantitative estimate of drug-likeness (QED) is 0.663. The fourth-order valence-corrected chi connectivity index (χ4v) is 3.72. The summed E-state index contributed by atoms with van der Waals surface area (Å²) in [5.74, 6) is 0. The van der Waals surface area contributed by atoms with Crippen LogP contribution in [-0.2, 0) is 16.4 Å². The number of hydrogen-bond donors (Lipinski definition) is 1. The summed E-state index contributed by atoms with van der Waals surface area (Å²) in [6.45, 7) is 2.37. The molecule has 0 aliphatic carbocycles. The van der Waals surface area contributed by atoms with Crippen LogP contribution in [-0.4, -0.2) is 24.7 Å². The van der Waals surface area contributed by atoms with E-state index < -0.39 is 10.0 Å². The van der Waals surface area contributed by atoms with E-state index in [1.165, 1.54) is 0 Å². The predicted octanol–water partition coefficient (Wildman–Crippen LogP) is 3.09. The van der Waals surface area contributed by atoms with Gasteiger partial charge in [0, 0.05) is 12.7 Å². The van der Waals surface area contributed by atoms with E-state index in [0.29, 0.717) is 17.9 Å². The monoisotopic (exact) mass is 355 g/mol. The van der Waals surface area contributed by atoms with Gasteiger partial charge in [-0.2, -0.15) is 5.10 Å². The molecule has 0 saturated heterocycles. The van der Waals surface area contributed by atoms with Crippen LogP contribution >= 0.6 is 0 Å². The van der Waals surface area contributed by atoms with Crippen molar-refractivity contribution in [2.75, 3.05) is 6.54 Å². The Balaban J connectivity index is 1.57. The SMILES string of the molecule is Cc1nn(-c2ccccc2)cc1CCCNS(=O)(=O)c1ccccc1. The second kappa shape index (κ2) is 7.63. The molecule has 0 fully saturated rings. The molecule has 5 nitrogen and oxygen atoms in total. The maximum atomic E-state index is 12.2. The highest BCUT2D eigenvalue weighted by atomic mass is 32.2. The van der Waals surface area contributed by atoms with Crippen LogP contribution in [0.5, 0.6) is 0 Å². The van der Waals surface area contributed by atoms with Gasteiger partial charge in [-0.25, -0.2) is 17.8 Å². The Bertz CT molecular complexity index is 920. The van der Waals surface area contributed by atoms with Crippen molar-refractivity contribution in [2.24, 2.45) is 0 Å². The van der Waals surface area contributed by atoms with Crippen LogP contribution in [0.15, 0.2) is 71.8 Å². The highest BCUT2D eigenvalue weighted by molar-refractivity contribution is 7.89. The lowest BCUT2D eigenvalue weighted by atomic mass is 10.1. The second-order valence-electron chi connectivity index (χ2n) is 5.83. The first-order valence-electron chi connectivity index (χ1n) is 8.21. The van der Waals surface area contributed by atoms with Gasteiger partial charge in [0.2, 0.25) is 10.0 Å². The lowest BCUT2D eigenvalue weighted by Gasteiger charge is -2.06. The van der Waals surface area contributed by atoms with Gasteiger partial charge >= 0.3 is 0 Å². The molecule has 1 aromatic heterocycles. The molecule has 0 spiro atoms. The lowest BCUT2D eigenvalue weighted by molar-refractivity contribution is 0.579. The minimum atomic E-state index is -3.43. The highest BCUT2D eigenvalue weighted by Gasteiger charge is 2.12. The average molecular weight is 355 g/mol. The van der Waals surface area contributed by atoms with E-state index in [-0.39, 0.29) is 0 Å². The third kappa shape index (κ3) is 4.35. The van der Waals surface area contributed by atoms with Crippen molar-refractivity contribution < 1.29 is 8.42 Å². The van der Waals surface area contributed by atoms with Crippen LogP contribution in [0.4, 0.5) is 0 Å². The number of benzene rings is 2. The summed E-state index contributed by atoms with van der Waals surface area (Å²) in [5.41, 5.74) is 3.11. The van der Waals surface area contributed by atoms with Gasteiger partial charge in [-0.15, -0.1) is 0 Å². The first-order chi connectivity index (χ1) is 12.1. The van der Waals surface area contributed by atoms with E-state index in [9.17, 15) is 8.42 Å². The fraction of sp³-hybridized carbons (Fsp3) is 0.211. The molecule has 0 bridgehead atoms. The van der Waals surface area contributed by atoms with E-state index in [1.807, 2.05) is 48.1 Å². The number of hydrogen-bond acceptors (Lipinski definition) is 3. The molecule has 0 saturated carbocycles. The third-order valence-corrected chi connectivity index (χ3v) is 5.47. The van der Waals surface area contributed by atoms with Crippen molar-refractivity contribution in [2.45, 2.75) is 24.7 Å². The average Bonchev–Trinajstić information content (AvgIpc) is 3.01. The van der Waals surface area contributed by atoms with Crippen LogP contribution in [0.2, 0.25) is 0 Å². The van der Waals surface area contributed by atoms with Gasteiger partial charge < -0.3 is 0 Å². The van der Waals surface area contributed by atoms with Crippen LogP contribution < -0.4 is 4.72 Å². The maximum absolute atomic E-state index is 12.2. The Labute approximate surface area is 148 Å². The molecule has 0 aliphatic rings. The summed E-state index contributed by atoms with van der Waals surface area (Å²) in [7, 11) is -3.43. The summed E-state index contributed by atoms with van der Waals surface area (Å²) in [6, 6.07) is 18.4. The van der Waals surface area contributed by atoms with Crippen LogP contribution in [0.3, 0.4) is 0 Å². The molecule has 6 heteroatoms. The van der Waals surface area contributed by atoms with Crippen LogP contribution in [0.25, 0.3) is 5.69 Å². The molecule has 2 aromatic carbocycles. The highest BCUT2D eigenvalue weighted by Crippen LogP contribution is 2.13. The lowest BCUT2D eigenvalue weighted by Crippen LogP contribution is -2.25. The van der Waals surface area contributed by atoms with Gasteiger partial charge in [0.15, 0.2) is 0 Å². The standard InChI is InChI=1S/C19H21N3O2S/c1-16-17(15-22(21-16)18-10-4-2-5-11-18)9-8-14-20-25(23,24)19-12-6-3-7-13-19/h2-7,10-13,15,20H,8-9,14H2,1H3. The molecule has 130 valence electrons. The molecule has 3 rings (SSSR count). The maximum Gasteiger partial charge on any atom is 0.240 e. The summed E-state index contributed by atoms with van der Waals surface area (Å²) >= 11 is 0. The van der Waals surface area contributed by atoms with Crippen molar-refractivity contribution in [1.29, 1.82) is 0 Å². The topological polar surface area (TPSA) is 64.0 Å². The van der Waals surface area contributed by atoms with E-state index >= 15 is 0 Å². The molecule has 0 radical (unpaired) electrons. The van der Waals surface area contributed by atoms with Gasteiger partial charge in [0.25, 0.3) is 0 Å². The number of aryl methyl sites for hydroxylation is 2. The second-order valence-corrected chi connectivity index (χ2v) is 7.60. The van der Waals surface area contributed by atoms with Crippen molar-refractivity contribution >= 4 is 10.0 Å². The van der Waals surface area contributed by atoms with Gasteiger partial charge in [-0.3, -0.25) is 0 Å². The first-order valence-corrected chi connectivity index (χ1v) is 9.70. The van der Waals surface area contributed by atoms with Gasteiger partial charge in [-0.05, 0) is 49.6 Å². The Hall–Kier alpha value is -2.44. The predicted molar refractivity (Wildman–Crippen MR) is 98.3 cm³/mol. The molecule has 0 aliphatic heterocycles. The largest absolute Gasteiger partial charge is 0.240 e. The molecule has 1 heterocycles. The van der Waals surface area contributed by atoms with Crippen molar-refractivity contribution in [3.05, 3.63) is 78.1 Å². The zero-order valence-electron chi connectivity index (χ0n) is 14.1. The molecule has 1 N–H and O–H groups in total. The van der Waals surface area contributed by atoms with E-state index in [2.05, 4.69) is 9.82 Å². The molecule has 25 heavy (non-hydrogen) atoms. The number of nitrogens with one attached hydrogen (secondary N) is 1. The number of sulfonamides is 1. The summed E-state index contributed by atoms with van der Waals surface area (Å²) < 4.78 is 28.9. The Kier molecular flexibility index (Phi) is 5.31. The number of aromatic nitrogens is 2. The van der Waals surface area contributed by atoms with Gasteiger partial charge in [0.05, 0.1) is 16.3 Å². The normalized spacial score (nSPS) is 11.6. The summed E-state index contributed by atoms with van der Waals surface area (Å²) in [4.78, 5) is 0.295. The van der Waals surface area contributed by atoms with Crippen molar-refractivity contribution in [3.63, 3.8) is 0 Å².